The molecule has 0 spiro atoms. The summed E-state index contributed by atoms with van der Waals surface area (Å²) in [6.45, 7) is 1.83. The molecular weight excluding hydrogens is 238 g/mol. The molecule has 0 aliphatic carbocycles. The first-order chi connectivity index (χ1) is 8.11. The van der Waals surface area contributed by atoms with Gasteiger partial charge in [0.15, 0.2) is 5.78 Å². The number of amides is 1. The predicted octanol–water partition coefficient (Wildman–Crippen LogP) is 1.89. The van der Waals surface area contributed by atoms with Crippen LogP contribution >= 0.6 is 11.8 Å². The van der Waals surface area contributed by atoms with Crippen molar-refractivity contribution in [2.24, 2.45) is 0 Å². The van der Waals surface area contributed by atoms with Gasteiger partial charge in [0.25, 0.3) is 0 Å². The first-order valence-electron chi connectivity index (χ1n) is 5.20. The van der Waals surface area contributed by atoms with Crippen molar-refractivity contribution in [3.05, 3.63) is 23.8 Å². The van der Waals surface area contributed by atoms with Gasteiger partial charge in [0.05, 0.1) is 17.4 Å². The van der Waals surface area contributed by atoms with Crippen LogP contribution in [0, 0.1) is 0 Å². The molecule has 5 heteroatoms. The molecule has 2 rings (SSSR count). The largest absolute Gasteiger partial charge is 0.324 e. The van der Waals surface area contributed by atoms with Crippen molar-refractivity contribution in [3.63, 3.8) is 0 Å². The maximum Gasteiger partial charge on any atom is 0.237 e. The number of benzene rings is 1. The highest BCUT2D eigenvalue weighted by Crippen LogP contribution is 2.35. The number of carbonyl (C=O) groups excluding carboxylic acids is 3. The van der Waals surface area contributed by atoms with Gasteiger partial charge >= 0.3 is 0 Å². The van der Waals surface area contributed by atoms with Crippen molar-refractivity contribution >= 4 is 35.4 Å². The van der Waals surface area contributed by atoms with Gasteiger partial charge < -0.3 is 10.1 Å². The first kappa shape index (κ1) is 11.9. The zero-order valence-corrected chi connectivity index (χ0v) is 10.0. The second-order valence-electron chi connectivity index (χ2n) is 3.75. The molecule has 0 radical (unpaired) electrons. The van der Waals surface area contributed by atoms with E-state index < -0.39 is 0 Å². The van der Waals surface area contributed by atoms with Crippen LogP contribution in [0.1, 0.15) is 23.7 Å². The number of ketones is 1. The van der Waals surface area contributed by atoms with Crippen molar-refractivity contribution in [2.45, 2.75) is 23.5 Å². The molecule has 17 heavy (non-hydrogen) atoms. The third-order valence-corrected chi connectivity index (χ3v) is 3.68. The van der Waals surface area contributed by atoms with Gasteiger partial charge in [0.2, 0.25) is 5.91 Å². The second kappa shape index (κ2) is 4.71. The molecule has 1 aliphatic rings. The Balaban J connectivity index is 2.31. The lowest BCUT2D eigenvalue weighted by Gasteiger charge is -2.21. The van der Waals surface area contributed by atoms with Crippen LogP contribution in [0.25, 0.3) is 0 Å². The molecule has 1 N–H and O–H groups in total. The Morgan fingerprint density at radius 1 is 1.53 bits per heavy atom. The van der Waals surface area contributed by atoms with Crippen LogP contribution in [-0.2, 0) is 9.59 Å². The lowest BCUT2D eigenvalue weighted by Crippen LogP contribution is -2.26. The average molecular weight is 249 g/mol. The molecular formula is C12H11NO3S. The smallest absolute Gasteiger partial charge is 0.237 e. The SMILES string of the molecule is CC1Sc2ccc(C(=O)CC=O)cc2NC1=O. The monoisotopic (exact) mass is 249 g/mol. The van der Waals surface area contributed by atoms with Gasteiger partial charge in [-0.3, -0.25) is 9.59 Å². The Morgan fingerprint density at radius 2 is 2.29 bits per heavy atom. The van der Waals surface area contributed by atoms with Crippen LogP contribution < -0.4 is 5.32 Å². The van der Waals surface area contributed by atoms with E-state index in [1.165, 1.54) is 11.8 Å². The fourth-order valence-corrected chi connectivity index (χ4v) is 2.51. The quantitative estimate of drug-likeness (QED) is 0.505. The van der Waals surface area contributed by atoms with Gasteiger partial charge in [-0.25, -0.2) is 0 Å². The lowest BCUT2D eigenvalue weighted by atomic mass is 10.1. The van der Waals surface area contributed by atoms with Gasteiger partial charge in [-0.2, -0.15) is 0 Å². The molecule has 0 aromatic heterocycles. The molecule has 4 nitrogen and oxygen atoms in total. The summed E-state index contributed by atoms with van der Waals surface area (Å²) in [5.74, 6) is -0.303. The van der Waals surface area contributed by atoms with Crippen molar-refractivity contribution in [1.82, 2.24) is 0 Å². The second-order valence-corrected chi connectivity index (χ2v) is 5.14. The summed E-state index contributed by atoms with van der Waals surface area (Å²) >= 11 is 1.46. The highest BCUT2D eigenvalue weighted by molar-refractivity contribution is 8.00. The van der Waals surface area contributed by atoms with Gasteiger partial charge in [-0.15, -0.1) is 11.8 Å². The van der Waals surface area contributed by atoms with Gasteiger partial charge in [0.1, 0.15) is 6.29 Å². The zero-order valence-electron chi connectivity index (χ0n) is 9.23. The molecule has 1 unspecified atom stereocenters. The highest BCUT2D eigenvalue weighted by Gasteiger charge is 2.23. The molecule has 1 aromatic carbocycles. The lowest BCUT2D eigenvalue weighted by molar-refractivity contribution is -0.115. The van der Waals surface area contributed by atoms with Crippen LogP contribution in [0.4, 0.5) is 5.69 Å². The Labute approximate surface area is 103 Å². The minimum absolute atomic E-state index is 0.0671. The fraction of sp³-hybridized carbons (Fsp3) is 0.250. The Kier molecular flexibility index (Phi) is 3.28. The normalized spacial score (nSPS) is 18.2. The number of nitrogens with one attached hydrogen (secondary N) is 1. The summed E-state index contributed by atoms with van der Waals surface area (Å²) in [4.78, 5) is 34.2. The minimum Gasteiger partial charge on any atom is -0.324 e. The molecule has 1 atom stereocenters. The minimum atomic E-state index is -0.235. The summed E-state index contributed by atoms with van der Waals surface area (Å²) in [6.07, 6.45) is 0.452. The van der Waals surface area contributed by atoms with Crippen molar-refractivity contribution < 1.29 is 14.4 Å². The van der Waals surface area contributed by atoms with Crippen molar-refractivity contribution in [2.75, 3.05) is 5.32 Å². The van der Waals surface area contributed by atoms with E-state index in [0.29, 0.717) is 17.5 Å². The molecule has 0 saturated carbocycles. The Hall–Kier alpha value is -1.62. The standard InChI is InChI=1S/C12H11NO3S/c1-7-12(16)13-9-6-8(10(15)4-5-14)2-3-11(9)17-7/h2-3,5-7H,4H2,1H3,(H,13,16). The number of anilines is 1. The van der Waals surface area contributed by atoms with Crippen molar-refractivity contribution in [1.29, 1.82) is 0 Å². The molecule has 0 fully saturated rings. The summed E-state index contributed by atoms with van der Waals surface area (Å²) in [5.41, 5.74) is 1.10. The first-order valence-corrected chi connectivity index (χ1v) is 6.08. The average Bonchev–Trinajstić information content (AvgIpc) is 2.30. The Morgan fingerprint density at radius 3 is 3.00 bits per heavy atom. The molecule has 1 aromatic rings. The van der Waals surface area contributed by atoms with E-state index >= 15 is 0 Å². The summed E-state index contributed by atoms with van der Waals surface area (Å²) in [7, 11) is 0. The third kappa shape index (κ3) is 2.39. The van der Waals surface area contributed by atoms with E-state index in [1.807, 2.05) is 6.92 Å². The van der Waals surface area contributed by atoms with Gasteiger partial charge in [-0.05, 0) is 19.1 Å². The van der Waals surface area contributed by atoms with Crippen LogP contribution in [0.2, 0.25) is 0 Å². The predicted molar refractivity (Wildman–Crippen MR) is 65.4 cm³/mol. The number of hydrogen-bond donors (Lipinski definition) is 1. The van der Waals surface area contributed by atoms with Gasteiger partial charge in [-0.1, -0.05) is 6.07 Å². The Bertz CT molecular complexity index is 499. The van der Waals surface area contributed by atoms with E-state index in [4.69, 9.17) is 0 Å². The van der Waals surface area contributed by atoms with E-state index in [0.717, 1.165) is 4.90 Å². The van der Waals surface area contributed by atoms with Crippen LogP contribution in [0.3, 0.4) is 0 Å². The maximum absolute atomic E-state index is 11.5. The van der Waals surface area contributed by atoms with E-state index in [1.54, 1.807) is 18.2 Å². The number of fused-ring (bicyclic) bond motifs is 1. The summed E-state index contributed by atoms with van der Waals surface area (Å²) in [5, 5.41) is 2.62. The third-order valence-electron chi connectivity index (χ3n) is 2.50. The number of aldehydes is 1. The maximum atomic E-state index is 11.5. The number of rotatable bonds is 3. The van der Waals surface area contributed by atoms with Crippen LogP contribution in [0.5, 0.6) is 0 Å². The van der Waals surface area contributed by atoms with Gasteiger partial charge in [0, 0.05) is 10.5 Å². The topological polar surface area (TPSA) is 63.2 Å². The van der Waals surface area contributed by atoms with Crippen LogP contribution in [0.15, 0.2) is 23.1 Å². The molecule has 88 valence electrons. The molecule has 1 heterocycles. The number of Topliss-reactive ketones (excluding diaryl/α,β-unsaturated/α-hetero) is 1. The molecule has 1 aliphatic heterocycles. The number of hydrogen-bond acceptors (Lipinski definition) is 4. The number of thioether (sulfide) groups is 1. The molecule has 1 amide bonds. The van der Waals surface area contributed by atoms with E-state index in [-0.39, 0.29) is 23.4 Å². The van der Waals surface area contributed by atoms with E-state index in [9.17, 15) is 14.4 Å². The zero-order chi connectivity index (χ0) is 12.4. The van der Waals surface area contributed by atoms with Crippen molar-refractivity contribution in [3.8, 4) is 0 Å². The highest BCUT2D eigenvalue weighted by atomic mass is 32.2. The summed E-state index contributed by atoms with van der Waals surface area (Å²) < 4.78 is 0. The fourth-order valence-electron chi connectivity index (χ4n) is 1.58. The van der Waals surface area contributed by atoms with E-state index in [2.05, 4.69) is 5.32 Å². The summed E-state index contributed by atoms with van der Waals surface area (Å²) in [6, 6.07) is 5.10. The molecule has 0 bridgehead atoms. The molecule has 0 saturated heterocycles. The number of carbonyl (C=O) groups is 3. The van der Waals surface area contributed by atoms with Crippen LogP contribution in [-0.4, -0.2) is 23.2 Å².